The van der Waals surface area contributed by atoms with Crippen LogP contribution >= 0.6 is 0 Å². The van der Waals surface area contributed by atoms with Crippen LogP contribution in [-0.2, 0) is 21.5 Å². The van der Waals surface area contributed by atoms with E-state index in [0.29, 0.717) is 32.6 Å². The van der Waals surface area contributed by atoms with E-state index in [1.807, 2.05) is 24.3 Å². The molecule has 0 bridgehead atoms. The molecule has 3 heterocycles. The molecule has 32 heavy (non-hydrogen) atoms. The lowest BCUT2D eigenvalue weighted by molar-refractivity contribution is -0.140. The second-order valence-electron chi connectivity index (χ2n) is 8.39. The third-order valence-corrected chi connectivity index (χ3v) is 6.60. The molecule has 0 radical (unpaired) electrons. The van der Waals surface area contributed by atoms with Crippen molar-refractivity contribution in [3.8, 4) is 0 Å². The Morgan fingerprint density at radius 3 is 2.50 bits per heavy atom. The Morgan fingerprint density at radius 2 is 1.75 bits per heavy atom. The van der Waals surface area contributed by atoms with E-state index in [-0.39, 0.29) is 30.0 Å². The van der Waals surface area contributed by atoms with E-state index >= 15 is 0 Å². The molecule has 2 fully saturated rings. The quantitative estimate of drug-likeness (QED) is 0.732. The van der Waals surface area contributed by atoms with Crippen molar-refractivity contribution in [3.05, 3.63) is 59.5 Å². The Kier molecular flexibility index (Phi) is 4.96. The van der Waals surface area contributed by atoms with Gasteiger partial charge in [-0.05, 0) is 42.5 Å². The number of amides is 5. The lowest BCUT2D eigenvalue weighted by atomic mass is 9.76. The summed E-state index contributed by atoms with van der Waals surface area (Å²) in [6.45, 7) is 1.10. The summed E-state index contributed by atoms with van der Waals surface area (Å²) < 4.78 is 5.15. The molecule has 2 aliphatic heterocycles. The summed E-state index contributed by atoms with van der Waals surface area (Å²) in [5.41, 5.74) is 0.794. The molecule has 1 aromatic heterocycles. The van der Waals surface area contributed by atoms with E-state index in [2.05, 4.69) is 5.32 Å². The molecule has 2 aromatic rings. The van der Waals surface area contributed by atoms with Crippen molar-refractivity contribution in [2.45, 2.75) is 24.8 Å². The van der Waals surface area contributed by atoms with Gasteiger partial charge in [0.2, 0.25) is 5.91 Å². The first-order valence-electron chi connectivity index (χ1n) is 10.8. The molecule has 9 heteroatoms. The molecular weight excluding hydrogens is 412 g/mol. The Balaban J connectivity index is 1.25. The number of rotatable bonds is 3. The van der Waals surface area contributed by atoms with Crippen molar-refractivity contribution in [2.75, 3.05) is 32.7 Å². The SMILES string of the molecule is O=C(CN1C(=O)N[C@]2(CCCc3ccccc32)C1=O)N1CCN(C(=O)c2ccco2)CC1. The molecule has 1 aliphatic carbocycles. The fourth-order valence-corrected chi connectivity index (χ4v) is 4.91. The van der Waals surface area contributed by atoms with Crippen molar-refractivity contribution < 1.29 is 23.6 Å². The molecule has 1 aromatic carbocycles. The van der Waals surface area contributed by atoms with Gasteiger partial charge >= 0.3 is 6.03 Å². The first kappa shape index (κ1) is 20.3. The zero-order valence-electron chi connectivity index (χ0n) is 17.6. The number of nitrogens with one attached hydrogen (secondary N) is 1. The Bertz CT molecular complexity index is 1070. The molecule has 5 rings (SSSR count). The summed E-state index contributed by atoms with van der Waals surface area (Å²) in [7, 11) is 0. The topological polar surface area (TPSA) is 103 Å². The van der Waals surface area contributed by atoms with E-state index in [1.165, 1.54) is 6.26 Å². The van der Waals surface area contributed by atoms with Crippen LogP contribution in [-0.4, -0.2) is 71.2 Å². The molecule has 3 aliphatic rings. The van der Waals surface area contributed by atoms with Crippen molar-refractivity contribution in [1.29, 1.82) is 0 Å². The van der Waals surface area contributed by atoms with Crippen LogP contribution in [0.4, 0.5) is 4.79 Å². The number of fused-ring (bicyclic) bond motifs is 2. The predicted octanol–water partition coefficient (Wildman–Crippen LogP) is 1.35. The van der Waals surface area contributed by atoms with Gasteiger partial charge in [0.25, 0.3) is 11.8 Å². The van der Waals surface area contributed by atoms with Gasteiger partial charge in [-0.2, -0.15) is 0 Å². The number of hydrogen-bond donors (Lipinski definition) is 1. The van der Waals surface area contributed by atoms with E-state index in [4.69, 9.17) is 4.42 Å². The highest BCUT2D eigenvalue weighted by Crippen LogP contribution is 2.39. The lowest BCUT2D eigenvalue weighted by Crippen LogP contribution is -2.53. The highest BCUT2D eigenvalue weighted by atomic mass is 16.3. The van der Waals surface area contributed by atoms with Crippen LogP contribution in [0.3, 0.4) is 0 Å². The van der Waals surface area contributed by atoms with Crippen LogP contribution in [0.15, 0.2) is 47.1 Å². The summed E-state index contributed by atoms with van der Waals surface area (Å²) in [6, 6.07) is 10.4. The second-order valence-corrected chi connectivity index (χ2v) is 8.39. The van der Waals surface area contributed by atoms with Gasteiger partial charge in [-0.25, -0.2) is 4.79 Å². The molecular formula is C23H24N4O5. The molecule has 1 spiro atoms. The Morgan fingerprint density at radius 1 is 1.00 bits per heavy atom. The standard InChI is InChI=1S/C23H24N4O5/c28-19(25-10-12-26(13-11-25)20(29)18-8-4-14-32-18)15-27-21(30)23(24-22(27)31)9-3-6-16-5-1-2-7-17(16)23/h1-2,4-5,7-8,14H,3,6,9-13,15H2,(H,24,31)/t23-/m0/s1. The number of furan rings is 1. The third kappa shape index (κ3) is 3.24. The third-order valence-electron chi connectivity index (χ3n) is 6.60. The fourth-order valence-electron chi connectivity index (χ4n) is 4.91. The smallest absolute Gasteiger partial charge is 0.325 e. The van der Waals surface area contributed by atoms with Crippen LogP contribution in [0.2, 0.25) is 0 Å². The minimum absolute atomic E-state index is 0.214. The number of carbonyl (C=O) groups is 4. The average molecular weight is 436 g/mol. The fraction of sp³-hybridized carbons (Fsp3) is 0.391. The summed E-state index contributed by atoms with van der Waals surface area (Å²) in [6.07, 6.45) is 3.62. The molecule has 1 atom stereocenters. The maximum Gasteiger partial charge on any atom is 0.325 e. The van der Waals surface area contributed by atoms with Gasteiger partial charge in [0.05, 0.1) is 6.26 Å². The number of carbonyl (C=O) groups excluding carboxylic acids is 4. The molecule has 1 N–H and O–H groups in total. The van der Waals surface area contributed by atoms with Gasteiger partial charge in [-0.15, -0.1) is 0 Å². The van der Waals surface area contributed by atoms with Crippen LogP contribution in [0.1, 0.15) is 34.5 Å². The lowest BCUT2D eigenvalue weighted by Gasteiger charge is -2.35. The predicted molar refractivity (Wildman–Crippen MR) is 112 cm³/mol. The van der Waals surface area contributed by atoms with E-state index in [1.54, 1.807) is 21.9 Å². The molecule has 5 amide bonds. The van der Waals surface area contributed by atoms with Crippen LogP contribution in [0.25, 0.3) is 0 Å². The zero-order valence-corrected chi connectivity index (χ0v) is 17.6. The summed E-state index contributed by atoms with van der Waals surface area (Å²) >= 11 is 0. The number of urea groups is 1. The Labute approximate surface area is 184 Å². The number of benzene rings is 1. The minimum Gasteiger partial charge on any atom is -0.459 e. The summed E-state index contributed by atoms with van der Waals surface area (Å²) in [4.78, 5) is 55.6. The highest BCUT2D eigenvalue weighted by Gasteiger charge is 2.54. The van der Waals surface area contributed by atoms with E-state index < -0.39 is 11.6 Å². The molecule has 2 saturated heterocycles. The van der Waals surface area contributed by atoms with Crippen molar-refractivity contribution in [1.82, 2.24) is 20.0 Å². The van der Waals surface area contributed by atoms with Crippen molar-refractivity contribution in [2.24, 2.45) is 0 Å². The molecule has 9 nitrogen and oxygen atoms in total. The highest BCUT2D eigenvalue weighted by molar-refractivity contribution is 6.09. The number of aryl methyl sites for hydroxylation is 1. The first-order chi connectivity index (χ1) is 15.5. The van der Waals surface area contributed by atoms with Crippen LogP contribution in [0.5, 0.6) is 0 Å². The molecule has 0 saturated carbocycles. The second kappa shape index (κ2) is 7.81. The minimum atomic E-state index is -1.08. The maximum atomic E-state index is 13.4. The number of nitrogens with zero attached hydrogens (tertiary/aromatic N) is 3. The molecule has 0 unspecified atom stereocenters. The largest absolute Gasteiger partial charge is 0.459 e. The van der Waals surface area contributed by atoms with E-state index in [0.717, 1.165) is 28.9 Å². The van der Waals surface area contributed by atoms with Gasteiger partial charge in [-0.1, -0.05) is 24.3 Å². The Hall–Kier alpha value is -3.62. The van der Waals surface area contributed by atoms with Crippen LogP contribution in [0, 0.1) is 0 Å². The average Bonchev–Trinajstić information content (AvgIpc) is 3.43. The van der Waals surface area contributed by atoms with Crippen LogP contribution < -0.4 is 5.32 Å². The van der Waals surface area contributed by atoms with Gasteiger partial charge in [-0.3, -0.25) is 19.3 Å². The number of imide groups is 1. The van der Waals surface area contributed by atoms with Crippen molar-refractivity contribution >= 4 is 23.8 Å². The van der Waals surface area contributed by atoms with Gasteiger partial charge in [0.1, 0.15) is 12.1 Å². The normalized spacial score (nSPS) is 22.8. The monoisotopic (exact) mass is 436 g/mol. The van der Waals surface area contributed by atoms with Gasteiger partial charge in [0.15, 0.2) is 5.76 Å². The van der Waals surface area contributed by atoms with E-state index in [9.17, 15) is 19.2 Å². The zero-order chi connectivity index (χ0) is 22.3. The number of hydrogen-bond acceptors (Lipinski definition) is 5. The van der Waals surface area contributed by atoms with Gasteiger partial charge < -0.3 is 19.5 Å². The first-order valence-corrected chi connectivity index (χ1v) is 10.8. The van der Waals surface area contributed by atoms with Gasteiger partial charge in [0, 0.05) is 26.2 Å². The number of piperazine rings is 1. The maximum absolute atomic E-state index is 13.4. The molecule has 166 valence electrons. The summed E-state index contributed by atoms with van der Waals surface area (Å²) in [5.74, 6) is -0.620. The van der Waals surface area contributed by atoms with Crippen molar-refractivity contribution in [3.63, 3.8) is 0 Å². The summed E-state index contributed by atoms with van der Waals surface area (Å²) in [5, 5.41) is 2.87.